The van der Waals surface area contributed by atoms with Gasteiger partial charge in [-0.2, -0.15) is 0 Å². The molecule has 0 atom stereocenters. The third-order valence-electron chi connectivity index (χ3n) is 5.28. The van der Waals surface area contributed by atoms with Crippen molar-refractivity contribution >= 4 is 24.2 Å². The van der Waals surface area contributed by atoms with Crippen molar-refractivity contribution in [2.45, 2.75) is 59.4 Å². The number of halogens is 1. The third kappa shape index (κ3) is 3.78. The number of aryl methyl sites for hydroxylation is 2. The first-order chi connectivity index (χ1) is 12.1. The molecule has 0 aromatic heterocycles. The number of ether oxygens (including phenoxy) is 1. The summed E-state index contributed by atoms with van der Waals surface area (Å²) in [6, 6.07) is 11.9. The second-order valence-corrected chi connectivity index (χ2v) is 8.43. The average Bonchev–Trinajstić information content (AvgIpc) is 2.74. The fourth-order valence-corrected chi connectivity index (χ4v) is 3.32. The largest absolute Gasteiger partial charge is 0.494 e. The molecule has 0 N–H and O–H groups in total. The van der Waals surface area contributed by atoms with E-state index in [-0.39, 0.29) is 18.3 Å². The van der Waals surface area contributed by atoms with Crippen molar-refractivity contribution in [3.8, 4) is 5.75 Å². The van der Waals surface area contributed by atoms with E-state index < -0.39 is 0 Å². The number of rotatable bonds is 4. The average molecular weight is 373 g/mol. The molecule has 0 amide bonds. The zero-order chi connectivity index (χ0) is 19.1. The Morgan fingerprint density at radius 1 is 0.962 bits per heavy atom. The zero-order valence-electron chi connectivity index (χ0n) is 16.4. The maximum atomic E-state index is 6.16. The van der Waals surface area contributed by atoms with Gasteiger partial charge in [0.05, 0.1) is 11.2 Å². The maximum absolute atomic E-state index is 6.16. The van der Waals surface area contributed by atoms with Gasteiger partial charge < -0.3 is 14.0 Å². The van der Waals surface area contributed by atoms with Crippen LogP contribution in [0.15, 0.2) is 36.4 Å². The smallest absolute Gasteiger partial charge is 0.488 e. The van der Waals surface area contributed by atoms with Crippen molar-refractivity contribution < 1.29 is 14.0 Å². The molecular formula is C21H26BClO3. The summed E-state index contributed by atoms with van der Waals surface area (Å²) < 4.78 is 18.4. The van der Waals surface area contributed by atoms with Crippen LogP contribution >= 0.6 is 11.6 Å². The van der Waals surface area contributed by atoms with Crippen LogP contribution in [0.5, 0.6) is 5.75 Å². The molecule has 0 aliphatic carbocycles. The number of benzene rings is 2. The minimum Gasteiger partial charge on any atom is -0.488 e. The van der Waals surface area contributed by atoms with E-state index in [2.05, 4.69) is 53.7 Å². The Morgan fingerprint density at radius 3 is 2.08 bits per heavy atom. The van der Waals surface area contributed by atoms with Crippen LogP contribution in [0.1, 0.15) is 44.4 Å². The molecule has 26 heavy (non-hydrogen) atoms. The van der Waals surface area contributed by atoms with Crippen molar-refractivity contribution in [2.75, 3.05) is 0 Å². The standard InChI is InChI=1S/C21H26BClO3/c1-14-10-17(22-25-20(3,4)21(5,6)26-22)11-15(2)19(14)24-13-16-8-7-9-18(23)12-16/h7-12H,13H2,1-6H3. The van der Waals surface area contributed by atoms with E-state index in [0.717, 1.165) is 32.9 Å². The minimum atomic E-state index is -0.362. The van der Waals surface area contributed by atoms with Crippen LogP contribution in [0.3, 0.4) is 0 Å². The second-order valence-electron chi connectivity index (χ2n) is 7.99. The van der Waals surface area contributed by atoms with Gasteiger partial charge in [-0.05, 0) is 75.8 Å². The molecule has 0 saturated carbocycles. The summed E-state index contributed by atoms with van der Waals surface area (Å²) in [5.41, 5.74) is 3.51. The topological polar surface area (TPSA) is 27.7 Å². The van der Waals surface area contributed by atoms with Crippen molar-refractivity contribution in [1.82, 2.24) is 0 Å². The molecule has 0 bridgehead atoms. The Morgan fingerprint density at radius 2 is 1.54 bits per heavy atom. The predicted octanol–water partition coefficient (Wildman–Crippen LogP) is 4.84. The maximum Gasteiger partial charge on any atom is 0.494 e. The molecule has 5 heteroatoms. The molecule has 1 aliphatic heterocycles. The van der Waals surface area contributed by atoms with Gasteiger partial charge in [0, 0.05) is 5.02 Å². The van der Waals surface area contributed by atoms with E-state index in [1.807, 2.05) is 24.3 Å². The van der Waals surface area contributed by atoms with Crippen molar-refractivity contribution in [2.24, 2.45) is 0 Å². The summed E-state index contributed by atoms with van der Waals surface area (Å²) in [6.07, 6.45) is 0. The molecule has 1 fully saturated rings. The van der Waals surface area contributed by atoms with Crippen LogP contribution < -0.4 is 10.2 Å². The van der Waals surface area contributed by atoms with Crippen LogP contribution in [-0.2, 0) is 15.9 Å². The van der Waals surface area contributed by atoms with Gasteiger partial charge in [-0.1, -0.05) is 35.9 Å². The Balaban J connectivity index is 1.79. The third-order valence-corrected chi connectivity index (χ3v) is 5.52. The Labute approximate surface area is 161 Å². The first kappa shape index (κ1) is 19.3. The van der Waals surface area contributed by atoms with Gasteiger partial charge in [0.15, 0.2) is 0 Å². The quantitative estimate of drug-likeness (QED) is 0.719. The van der Waals surface area contributed by atoms with Gasteiger partial charge in [0.2, 0.25) is 0 Å². The summed E-state index contributed by atoms with van der Waals surface area (Å²) in [7, 11) is -0.362. The van der Waals surface area contributed by atoms with Gasteiger partial charge in [-0.3, -0.25) is 0 Å². The van der Waals surface area contributed by atoms with Crippen LogP contribution in [0.25, 0.3) is 0 Å². The molecule has 3 nitrogen and oxygen atoms in total. The Hall–Kier alpha value is -1.49. The SMILES string of the molecule is Cc1cc(B2OC(C)(C)C(C)(C)O2)cc(C)c1OCc1cccc(Cl)c1. The van der Waals surface area contributed by atoms with E-state index >= 15 is 0 Å². The van der Waals surface area contributed by atoms with E-state index in [0.29, 0.717) is 6.61 Å². The Bertz CT molecular complexity index is 778. The summed E-state index contributed by atoms with van der Waals surface area (Å²) >= 11 is 6.05. The molecular weight excluding hydrogens is 346 g/mol. The molecule has 2 aromatic carbocycles. The van der Waals surface area contributed by atoms with Crippen LogP contribution in [0.2, 0.25) is 5.02 Å². The number of hydrogen-bond donors (Lipinski definition) is 0. The van der Waals surface area contributed by atoms with Gasteiger partial charge in [-0.25, -0.2) is 0 Å². The van der Waals surface area contributed by atoms with E-state index in [4.69, 9.17) is 25.6 Å². The van der Waals surface area contributed by atoms with Gasteiger partial charge >= 0.3 is 7.12 Å². The molecule has 0 radical (unpaired) electrons. The molecule has 1 saturated heterocycles. The second kappa shape index (κ2) is 6.92. The highest BCUT2D eigenvalue weighted by Crippen LogP contribution is 2.37. The zero-order valence-corrected chi connectivity index (χ0v) is 17.1. The highest BCUT2D eigenvalue weighted by Gasteiger charge is 2.51. The predicted molar refractivity (Wildman–Crippen MR) is 107 cm³/mol. The highest BCUT2D eigenvalue weighted by molar-refractivity contribution is 6.62. The molecule has 1 aliphatic rings. The lowest BCUT2D eigenvalue weighted by molar-refractivity contribution is 0.00578. The first-order valence-corrected chi connectivity index (χ1v) is 9.31. The van der Waals surface area contributed by atoms with Crippen molar-refractivity contribution in [3.05, 3.63) is 58.1 Å². The number of hydrogen-bond acceptors (Lipinski definition) is 3. The molecule has 2 aromatic rings. The summed E-state index contributed by atoms with van der Waals surface area (Å²) in [4.78, 5) is 0. The molecule has 1 heterocycles. The fourth-order valence-electron chi connectivity index (χ4n) is 3.11. The van der Waals surface area contributed by atoms with Crippen LogP contribution in [0.4, 0.5) is 0 Å². The van der Waals surface area contributed by atoms with Crippen LogP contribution in [0, 0.1) is 13.8 Å². The van der Waals surface area contributed by atoms with Gasteiger partial charge in [-0.15, -0.1) is 0 Å². The minimum absolute atomic E-state index is 0.346. The lowest BCUT2D eigenvalue weighted by Gasteiger charge is -2.32. The summed E-state index contributed by atoms with van der Waals surface area (Å²) in [6.45, 7) is 12.8. The highest BCUT2D eigenvalue weighted by atomic mass is 35.5. The monoisotopic (exact) mass is 372 g/mol. The molecule has 138 valence electrons. The molecule has 0 unspecified atom stereocenters. The van der Waals surface area contributed by atoms with Crippen molar-refractivity contribution in [1.29, 1.82) is 0 Å². The van der Waals surface area contributed by atoms with E-state index in [1.165, 1.54) is 0 Å². The van der Waals surface area contributed by atoms with Gasteiger partial charge in [0.1, 0.15) is 12.4 Å². The van der Waals surface area contributed by atoms with Crippen LogP contribution in [-0.4, -0.2) is 18.3 Å². The normalized spacial score (nSPS) is 18.2. The summed E-state index contributed by atoms with van der Waals surface area (Å²) in [5.74, 6) is 0.894. The van der Waals surface area contributed by atoms with Gasteiger partial charge in [0.25, 0.3) is 0 Å². The Kier molecular flexibility index (Phi) is 5.13. The lowest BCUT2D eigenvalue weighted by Crippen LogP contribution is -2.41. The van der Waals surface area contributed by atoms with Crippen molar-refractivity contribution in [3.63, 3.8) is 0 Å². The fraction of sp³-hybridized carbons (Fsp3) is 0.429. The molecule has 3 rings (SSSR count). The summed E-state index contributed by atoms with van der Waals surface area (Å²) in [5, 5.41) is 0.718. The first-order valence-electron chi connectivity index (χ1n) is 8.93. The molecule has 0 spiro atoms. The van der Waals surface area contributed by atoms with E-state index in [9.17, 15) is 0 Å². The van der Waals surface area contributed by atoms with E-state index in [1.54, 1.807) is 0 Å². The lowest BCUT2D eigenvalue weighted by atomic mass is 9.77.